The molecular weight excluding hydrogens is 294 g/mol. The van der Waals surface area contributed by atoms with E-state index in [1.54, 1.807) is 6.92 Å². The summed E-state index contributed by atoms with van der Waals surface area (Å²) < 4.78 is 0. The first-order chi connectivity index (χ1) is 8.95. The number of hydrogen-bond donors (Lipinski definition) is 0. The SMILES string of the molecule is CCSc1c(Cl)cc2c(c1[N+](=O)[O-])=NC(=O)C(=O)N=2. The van der Waals surface area contributed by atoms with Crippen LogP contribution in [0, 0.1) is 10.1 Å². The smallest absolute Gasteiger partial charge is 0.261 e. The molecule has 0 N–H and O–H groups in total. The highest BCUT2D eigenvalue weighted by Gasteiger charge is 2.26. The van der Waals surface area contributed by atoms with Gasteiger partial charge in [0.15, 0.2) is 5.36 Å². The first-order valence-electron chi connectivity index (χ1n) is 5.11. The molecule has 98 valence electrons. The molecule has 2 amide bonds. The number of carbonyl (C=O) groups excluding carboxylic acids is 2. The Morgan fingerprint density at radius 3 is 2.58 bits per heavy atom. The van der Waals surface area contributed by atoms with Gasteiger partial charge in [-0.2, -0.15) is 4.99 Å². The third-order valence-electron chi connectivity index (χ3n) is 2.25. The van der Waals surface area contributed by atoms with E-state index in [4.69, 9.17) is 11.6 Å². The van der Waals surface area contributed by atoms with Gasteiger partial charge < -0.3 is 0 Å². The number of halogens is 1. The lowest BCUT2D eigenvalue weighted by atomic mass is 10.2. The van der Waals surface area contributed by atoms with E-state index in [0.717, 1.165) is 11.8 Å². The van der Waals surface area contributed by atoms with Gasteiger partial charge in [-0.3, -0.25) is 19.7 Å². The van der Waals surface area contributed by atoms with Crippen LogP contribution in [0.5, 0.6) is 0 Å². The molecule has 1 aromatic carbocycles. The molecule has 0 aromatic heterocycles. The van der Waals surface area contributed by atoms with E-state index in [-0.39, 0.29) is 26.3 Å². The molecule has 0 unspecified atom stereocenters. The van der Waals surface area contributed by atoms with Gasteiger partial charge in [-0.1, -0.05) is 18.5 Å². The Balaban J connectivity index is 2.93. The Hall–Kier alpha value is -1.80. The van der Waals surface area contributed by atoms with Crippen LogP contribution in [0.3, 0.4) is 0 Å². The molecule has 9 heteroatoms. The number of nitro groups is 1. The molecule has 1 heterocycles. The minimum atomic E-state index is -1.12. The van der Waals surface area contributed by atoms with Crippen molar-refractivity contribution in [3.05, 3.63) is 31.9 Å². The van der Waals surface area contributed by atoms with Gasteiger partial charge in [-0.05, 0) is 11.8 Å². The summed E-state index contributed by atoms with van der Waals surface area (Å²) in [6.07, 6.45) is 0. The lowest BCUT2D eigenvalue weighted by Crippen LogP contribution is -2.36. The molecule has 0 spiro atoms. The summed E-state index contributed by atoms with van der Waals surface area (Å²) in [7, 11) is 0. The van der Waals surface area contributed by atoms with E-state index < -0.39 is 16.7 Å². The van der Waals surface area contributed by atoms with Crippen LogP contribution in [0.25, 0.3) is 0 Å². The number of benzene rings is 1. The molecule has 1 aliphatic rings. The van der Waals surface area contributed by atoms with Crippen molar-refractivity contribution >= 4 is 40.9 Å². The highest BCUT2D eigenvalue weighted by Crippen LogP contribution is 2.32. The van der Waals surface area contributed by atoms with E-state index in [1.165, 1.54) is 6.07 Å². The van der Waals surface area contributed by atoms with Crippen molar-refractivity contribution in [2.75, 3.05) is 5.75 Å². The lowest BCUT2D eigenvalue weighted by molar-refractivity contribution is -0.389. The average molecular weight is 300 g/mol. The Morgan fingerprint density at radius 2 is 2.00 bits per heavy atom. The topological polar surface area (TPSA) is 102 Å². The van der Waals surface area contributed by atoms with Crippen LogP contribution in [-0.4, -0.2) is 22.5 Å². The van der Waals surface area contributed by atoms with Crippen molar-refractivity contribution in [1.82, 2.24) is 0 Å². The van der Waals surface area contributed by atoms with Crippen LogP contribution in [0.4, 0.5) is 5.69 Å². The van der Waals surface area contributed by atoms with Crippen LogP contribution in [0.15, 0.2) is 20.9 Å². The van der Waals surface area contributed by atoms with Crippen molar-refractivity contribution in [1.29, 1.82) is 0 Å². The molecule has 0 radical (unpaired) electrons. The number of rotatable bonds is 3. The zero-order valence-corrected chi connectivity index (χ0v) is 11.1. The second-order valence-electron chi connectivity index (χ2n) is 3.43. The summed E-state index contributed by atoms with van der Waals surface area (Å²) in [5, 5.41) is 11.0. The second kappa shape index (κ2) is 5.06. The molecule has 7 nitrogen and oxygen atoms in total. The fraction of sp³-hybridized carbons (Fsp3) is 0.200. The third-order valence-corrected chi connectivity index (χ3v) is 3.65. The highest BCUT2D eigenvalue weighted by molar-refractivity contribution is 7.99. The Bertz CT molecular complexity index is 731. The standard InChI is InChI=1S/C10H6ClN3O4S/c1-2-19-8-4(11)3-5-6(7(8)14(17)18)13-10(16)9(15)12-5/h3H,2H2,1H3. The number of carbonyl (C=O) groups is 2. The Morgan fingerprint density at radius 1 is 1.37 bits per heavy atom. The molecule has 0 saturated heterocycles. The lowest BCUT2D eigenvalue weighted by Gasteiger charge is -2.05. The highest BCUT2D eigenvalue weighted by atomic mass is 35.5. The second-order valence-corrected chi connectivity index (χ2v) is 5.11. The van der Waals surface area contributed by atoms with Gasteiger partial charge in [0.1, 0.15) is 10.3 Å². The van der Waals surface area contributed by atoms with E-state index in [0.29, 0.717) is 5.75 Å². The van der Waals surface area contributed by atoms with Crippen LogP contribution >= 0.6 is 23.4 Å². The fourth-order valence-corrected chi connectivity index (χ4v) is 2.70. The van der Waals surface area contributed by atoms with Crippen LogP contribution < -0.4 is 10.7 Å². The molecule has 1 aliphatic heterocycles. The van der Waals surface area contributed by atoms with Crippen molar-refractivity contribution in [3.63, 3.8) is 0 Å². The average Bonchev–Trinajstić information content (AvgIpc) is 2.32. The number of nitro benzene ring substituents is 1. The van der Waals surface area contributed by atoms with Crippen molar-refractivity contribution in [3.8, 4) is 0 Å². The van der Waals surface area contributed by atoms with Gasteiger partial charge >= 0.3 is 17.5 Å². The minimum Gasteiger partial charge on any atom is -0.261 e. The summed E-state index contributed by atoms with van der Waals surface area (Å²) in [5.41, 5.74) is -0.390. The zero-order chi connectivity index (χ0) is 14.2. The Kier molecular flexibility index (Phi) is 3.63. The summed E-state index contributed by atoms with van der Waals surface area (Å²) in [4.78, 5) is 39.9. The molecule has 19 heavy (non-hydrogen) atoms. The normalized spacial score (nSPS) is 13.6. The maximum atomic E-state index is 11.2. The number of amides is 2. The maximum absolute atomic E-state index is 11.2. The summed E-state index contributed by atoms with van der Waals surface area (Å²) in [6.45, 7) is 1.81. The molecule has 0 bridgehead atoms. The molecule has 2 rings (SSSR count). The molecule has 0 aliphatic carbocycles. The monoisotopic (exact) mass is 299 g/mol. The number of fused-ring (bicyclic) bond motifs is 1. The first kappa shape index (κ1) is 13.6. The summed E-state index contributed by atoms with van der Waals surface area (Å²) >= 11 is 7.11. The predicted octanol–water partition coefficient (Wildman–Crippen LogP) is 0.666. The third kappa shape index (κ3) is 2.36. The number of nitrogens with zero attached hydrogens (tertiary/aromatic N) is 3. The van der Waals surface area contributed by atoms with Crippen LogP contribution in [0.2, 0.25) is 5.02 Å². The van der Waals surface area contributed by atoms with Crippen molar-refractivity contribution in [2.45, 2.75) is 11.8 Å². The molecule has 1 aromatic rings. The van der Waals surface area contributed by atoms with Gasteiger partial charge in [0.25, 0.3) is 0 Å². The zero-order valence-electron chi connectivity index (χ0n) is 9.55. The van der Waals surface area contributed by atoms with E-state index in [9.17, 15) is 19.7 Å². The molecule has 0 atom stereocenters. The number of thioether (sulfide) groups is 1. The summed E-state index contributed by atoms with van der Waals surface area (Å²) in [6, 6.07) is 1.30. The molecular formula is C10H6ClN3O4S. The summed E-state index contributed by atoms with van der Waals surface area (Å²) in [5.74, 6) is -1.62. The molecule has 0 saturated carbocycles. The van der Waals surface area contributed by atoms with Gasteiger partial charge in [-0.25, -0.2) is 4.99 Å². The maximum Gasteiger partial charge on any atom is 0.338 e. The predicted molar refractivity (Wildman–Crippen MR) is 66.8 cm³/mol. The van der Waals surface area contributed by atoms with E-state index in [1.807, 2.05) is 0 Å². The van der Waals surface area contributed by atoms with E-state index in [2.05, 4.69) is 9.98 Å². The van der Waals surface area contributed by atoms with Crippen molar-refractivity contribution in [2.24, 2.45) is 9.98 Å². The quantitative estimate of drug-likeness (QED) is 0.353. The fourth-order valence-electron chi connectivity index (χ4n) is 1.55. The first-order valence-corrected chi connectivity index (χ1v) is 6.47. The van der Waals surface area contributed by atoms with Gasteiger partial charge in [0.2, 0.25) is 0 Å². The van der Waals surface area contributed by atoms with Gasteiger partial charge in [0.05, 0.1) is 9.95 Å². The van der Waals surface area contributed by atoms with Crippen LogP contribution in [0.1, 0.15) is 6.92 Å². The number of hydrogen-bond acceptors (Lipinski definition) is 5. The Labute approximate surface area is 115 Å². The largest absolute Gasteiger partial charge is 0.338 e. The van der Waals surface area contributed by atoms with Crippen LogP contribution in [-0.2, 0) is 9.59 Å². The van der Waals surface area contributed by atoms with E-state index >= 15 is 0 Å². The molecule has 0 fully saturated rings. The minimum absolute atomic E-state index is 0.0539. The van der Waals surface area contributed by atoms with Crippen molar-refractivity contribution < 1.29 is 14.5 Å². The van der Waals surface area contributed by atoms with Gasteiger partial charge in [0, 0.05) is 0 Å². The van der Waals surface area contributed by atoms with Gasteiger partial charge in [-0.15, -0.1) is 11.8 Å².